The van der Waals surface area contributed by atoms with Gasteiger partial charge in [0.1, 0.15) is 24.4 Å². The van der Waals surface area contributed by atoms with Gasteiger partial charge in [0.15, 0.2) is 5.78 Å². The lowest BCUT2D eigenvalue weighted by molar-refractivity contribution is -0.358. The Kier molecular flexibility index (Phi) is 10.2. The number of carbonyl (C=O) groups is 1. The smallest absolute Gasteiger partial charge is 0.222 e. The zero-order chi connectivity index (χ0) is 32.8. The molecule has 48 heavy (non-hydrogen) atoms. The fourth-order valence-corrected chi connectivity index (χ4v) is 7.10. The number of allylic oxidation sites excluding steroid dienone is 1. The van der Waals surface area contributed by atoms with Gasteiger partial charge in [0.05, 0.1) is 39.6 Å². The molecule has 4 unspecified atom stereocenters. The SMILES string of the molecule is CC1=C2C(CO[C@]23OC(COCc2ccccc2)[C@@H](OCc2ccccc2)C(OCc2ccccc2)C3OCc2ccccc2)CC1=O. The van der Waals surface area contributed by atoms with Gasteiger partial charge in [0.25, 0.3) is 0 Å². The van der Waals surface area contributed by atoms with Crippen molar-refractivity contribution in [2.75, 3.05) is 13.2 Å². The molecule has 2 aliphatic heterocycles. The Hall–Kier alpha value is -3.95. The van der Waals surface area contributed by atoms with Gasteiger partial charge < -0.3 is 28.4 Å². The van der Waals surface area contributed by atoms with Gasteiger partial charge in [0, 0.05) is 17.9 Å². The molecular formula is C41H42O7. The summed E-state index contributed by atoms with van der Waals surface area (Å²) in [7, 11) is 0. The first-order chi connectivity index (χ1) is 23.6. The number of Topliss-reactive ketones (excluding diaryl/α,β-unsaturated/α-hetero) is 1. The summed E-state index contributed by atoms with van der Waals surface area (Å²) >= 11 is 0. The van der Waals surface area contributed by atoms with Crippen LogP contribution in [0.3, 0.4) is 0 Å². The van der Waals surface area contributed by atoms with Crippen LogP contribution in [0.15, 0.2) is 132 Å². The van der Waals surface area contributed by atoms with Gasteiger partial charge in [0.2, 0.25) is 5.79 Å². The number of hydrogen-bond acceptors (Lipinski definition) is 7. The molecule has 0 saturated carbocycles. The van der Waals surface area contributed by atoms with Gasteiger partial charge in [-0.2, -0.15) is 0 Å². The molecule has 1 aliphatic carbocycles. The van der Waals surface area contributed by atoms with E-state index in [0.29, 0.717) is 45.0 Å². The third kappa shape index (κ3) is 7.08. The van der Waals surface area contributed by atoms with Crippen molar-refractivity contribution in [3.63, 3.8) is 0 Å². The second kappa shape index (κ2) is 15.1. The van der Waals surface area contributed by atoms with Crippen molar-refractivity contribution in [2.45, 2.75) is 70.0 Å². The minimum absolute atomic E-state index is 0.0808. The standard InChI is InChI=1S/C41H42O7/c1-29-35(42)22-34-27-47-41(37(29)34)40(46-26-33-20-12-5-13-21-33)39(45-25-32-18-10-4-11-19-32)38(44-24-31-16-8-3-9-17-31)36(48-41)28-43-23-30-14-6-2-7-15-30/h2-21,34,36,38-40H,22-28H2,1H3/t34?,36?,38-,39?,40?,41+/m1/s1. The van der Waals surface area contributed by atoms with Gasteiger partial charge >= 0.3 is 0 Å². The van der Waals surface area contributed by atoms with Gasteiger partial charge in [-0.3, -0.25) is 4.79 Å². The molecule has 7 nitrogen and oxygen atoms in total. The fourth-order valence-electron chi connectivity index (χ4n) is 7.10. The predicted molar refractivity (Wildman–Crippen MR) is 181 cm³/mol. The summed E-state index contributed by atoms with van der Waals surface area (Å²) in [6.45, 7) is 3.85. The normalized spacial score (nSPS) is 26.7. The van der Waals surface area contributed by atoms with Crippen LogP contribution >= 0.6 is 0 Å². The summed E-state index contributed by atoms with van der Waals surface area (Å²) in [5.74, 6) is -1.31. The molecular weight excluding hydrogens is 604 g/mol. The number of benzene rings is 4. The highest BCUT2D eigenvalue weighted by atomic mass is 16.7. The van der Waals surface area contributed by atoms with E-state index < -0.39 is 30.2 Å². The van der Waals surface area contributed by atoms with Crippen LogP contribution in [0.2, 0.25) is 0 Å². The van der Waals surface area contributed by atoms with Crippen molar-refractivity contribution in [3.8, 4) is 0 Å². The zero-order valence-corrected chi connectivity index (χ0v) is 27.2. The molecule has 2 heterocycles. The van der Waals surface area contributed by atoms with E-state index in [2.05, 4.69) is 0 Å². The maximum Gasteiger partial charge on any atom is 0.222 e. The molecule has 248 valence electrons. The lowest BCUT2D eigenvalue weighted by Gasteiger charge is -2.51. The monoisotopic (exact) mass is 646 g/mol. The van der Waals surface area contributed by atoms with E-state index in [1.165, 1.54) is 0 Å². The van der Waals surface area contributed by atoms with E-state index in [0.717, 1.165) is 27.8 Å². The summed E-state index contributed by atoms with van der Waals surface area (Å²) in [4.78, 5) is 13.1. The molecule has 3 aliphatic rings. The average Bonchev–Trinajstić information content (AvgIpc) is 3.63. The van der Waals surface area contributed by atoms with E-state index in [4.69, 9.17) is 28.4 Å². The molecule has 1 spiro atoms. The Morgan fingerprint density at radius 1 is 0.646 bits per heavy atom. The third-order valence-corrected chi connectivity index (χ3v) is 9.46. The molecule has 4 aromatic carbocycles. The lowest BCUT2D eigenvalue weighted by Crippen LogP contribution is -2.67. The summed E-state index contributed by atoms with van der Waals surface area (Å²) in [6, 6.07) is 40.2. The highest BCUT2D eigenvalue weighted by Gasteiger charge is 2.65. The van der Waals surface area contributed by atoms with Crippen molar-refractivity contribution in [1.82, 2.24) is 0 Å². The molecule has 0 aromatic heterocycles. The highest BCUT2D eigenvalue weighted by Crippen LogP contribution is 2.52. The van der Waals surface area contributed by atoms with E-state index in [1.807, 2.05) is 128 Å². The van der Waals surface area contributed by atoms with Crippen LogP contribution in [0.1, 0.15) is 35.6 Å². The largest absolute Gasteiger partial charge is 0.374 e. The van der Waals surface area contributed by atoms with Gasteiger partial charge in [-0.05, 0) is 34.8 Å². The van der Waals surface area contributed by atoms with Crippen molar-refractivity contribution < 1.29 is 33.2 Å². The molecule has 4 aromatic rings. The van der Waals surface area contributed by atoms with E-state index in [9.17, 15) is 4.79 Å². The maximum atomic E-state index is 13.1. The number of ether oxygens (including phenoxy) is 6. The molecule has 2 fully saturated rings. The Morgan fingerprint density at radius 2 is 1.12 bits per heavy atom. The molecule has 7 heteroatoms. The quantitative estimate of drug-likeness (QED) is 0.155. The molecule has 2 saturated heterocycles. The zero-order valence-electron chi connectivity index (χ0n) is 27.2. The third-order valence-electron chi connectivity index (χ3n) is 9.46. The topological polar surface area (TPSA) is 72.5 Å². The number of carbonyl (C=O) groups excluding carboxylic acids is 1. The first kappa shape index (κ1) is 32.6. The minimum Gasteiger partial charge on any atom is -0.374 e. The van der Waals surface area contributed by atoms with Crippen LogP contribution in [-0.2, 0) is 59.6 Å². The van der Waals surface area contributed by atoms with Gasteiger partial charge in [-0.1, -0.05) is 121 Å². The van der Waals surface area contributed by atoms with Crippen molar-refractivity contribution in [2.24, 2.45) is 5.92 Å². The predicted octanol–water partition coefficient (Wildman–Crippen LogP) is 6.99. The van der Waals surface area contributed by atoms with Gasteiger partial charge in [-0.25, -0.2) is 0 Å². The summed E-state index contributed by atoms with van der Waals surface area (Å²) in [5, 5.41) is 0. The summed E-state index contributed by atoms with van der Waals surface area (Å²) in [6.07, 6.45) is -2.16. The van der Waals surface area contributed by atoms with E-state index in [1.54, 1.807) is 0 Å². The molecule has 6 atom stereocenters. The van der Waals surface area contributed by atoms with Crippen LogP contribution < -0.4 is 0 Å². The maximum absolute atomic E-state index is 13.1. The number of ketones is 1. The second-order valence-electron chi connectivity index (χ2n) is 12.7. The number of fused-ring (bicyclic) bond motifs is 2. The first-order valence-electron chi connectivity index (χ1n) is 16.7. The Bertz CT molecular complexity index is 1660. The minimum atomic E-state index is -1.34. The van der Waals surface area contributed by atoms with Crippen LogP contribution in [0.25, 0.3) is 0 Å². The fraction of sp³-hybridized carbons (Fsp3) is 0.341. The van der Waals surface area contributed by atoms with Gasteiger partial charge in [-0.15, -0.1) is 0 Å². The second-order valence-corrected chi connectivity index (χ2v) is 12.7. The van der Waals surface area contributed by atoms with Crippen molar-refractivity contribution in [3.05, 3.63) is 155 Å². The first-order valence-corrected chi connectivity index (χ1v) is 16.7. The Labute approximate surface area is 282 Å². The number of hydrogen-bond donors (Lipinski definition) is 0. The Balaban J connectivity index is 1.27. The van der Waals surface area contributed by atoms with E-state index >= 15 is 0 Å². The summed E-state index contributed by atoms with van der Waals surface area (Å²) in [5.41, 5.74) is 5.65. The highest BCUT2D eigenvalue weighted by molar-refractivity contribution is 5.99. The lowest BCUT2D eigenvalue weighted by atomic mass is 9.84. The summed E-state index contributed by atoms with van der Waals surface area (Å²) < 4.78 is 40.7. The van der Waals surface area contributed by atoms with Crippen LogP contribution in [-0.4, -0.2) is 49.2 Å². The van der Waals surface area contributed by atoms with Crippen LogP contribution in [0, 0.1) is 5.92 Å². The molecule has 0 N–H and O–H groups in total. The van der Waals surface area contributed by atoms with Crippen LogP contribution in [0.5, 0.6) is 0 Å². The average molecular weight is 647 g/mol. The van der Waals surface area contributed by atoms with Crippen LogP contribution in [0.4, 0.5) is 0 Å². The molecule has 7 rings (SSSR count). The Morgan fingerprint density at radius 3 is 1.67 bits per heavy atom. The molecule has 0 radical (unpaired) electrons. The van der Waals surface area contributed by atoms with Crippen molar-refractivity contribution >= 4 is 5.78 Å². The molecule has 0 bridgehead atoms. The van der Waals surface area contributed by atoms with Crippen molar-refractivity contribution in [1.29, 1.82) is 0 Å². The molecule has 0 amide bonds. The number of rotatable bonds is 13. The van der Waals surface area contributed by atoms with E-state index in [-0.39, 0.29) is 18.3 Å².